The third-order valence-electron chi connectivity index (χ3n) is 5.61. The molecule has 0 unspecified atom stereocenters. The van der Waals surface area contributed by atoms with E-state index in [9.17, 15) is 14.7 Å². The smallest absolute Gasteiger partial charge is 0.260 e. The second-order valence-electron chi connectivity index (χ2n) is 8.00. The number of thiazole rings is 1. The van der Waals surface area contributed by atoms with Crippen molar-refractivity contribution in [3.63, 3.8) is 0 Å². The molecular formula is C25H27N3O4S. The van der Waals surface area contributed by atoms with Crippen LogP contribution in [0.1, 0.15) is 35.0 Å². The Morgan fingerprint density at radius 2 is 2.03 bits per heavy atom. The predicted octanol–water partition coefficient (Wildman–Crippen LogP) is 3.41. The molecule has 1 aromatic heterocycles. The first-order valence-electron chi connectivity index (χ1n) is 11.0. The van der Waals surface area contributed by atoms with Crippen LogP contribution in [0.5, 0.6) is 5.75 Å². The highest BCUT2D eigenvalue weighted by Crippen LogP contribution is 2.28. The molecule has 8 heteroatoms. The van der Waals surface area contributed by atoms with E-state index in [1.165, 1.54) is 4.90 Å². The van der Waals surface area contributed by atoms with Gasteiger partial charge in [-0.05, 0) is 49.6 Å². The van der Waals surface area contributed by atoms with Crippen molar-refractivity contribution >= 4 is 23.2 Å². The topological polar surface area (TPSA) is 91.8 Å². The summed E-state index contributed by atoms with van der Waals surface area (Å²) in [7, 11) is 0. The van der Waals surface area contributed by atoms with Crippen molar-refractivity contribution in [2.24, 2.45) is 0 Å². The molecule has 0 spiro atoms. The lowest BCUT2D eigenvalue weighted by atomic mass is 10.1. The van der Waals surface area contributed by atoms with Gasteiger partial charge in [0.2, 0.25) is 5.91 Å². The molecule has 2 heterocycles. The molecule has 33 heavy (non-hydrogen) atoms. The van der Waals surface area contributed by atoms with Gasteiger partial charge >= 0.3 is 0 Å². The minimum absolute atomic E-state index is 0.132. The van der Waals surface area contributed by atoms with Crippen molar-refractivity contribution in [3.05, 3.63) is 70.9 Å². The fourth-order valence-corrected chi connectivity index (χ4v) is 4.72. The number of aryl methyl sites for hydroxylation is 1. The van der Waals surface area contributed by atoms with Gasteiger partial charge < -0.3 is 15.2 Å². The number of carbonyl (C=O) groups is 2. The highest BCUT2D eigenvalue weighted by molar-refractivity contribution is 7.13. The van der Waals surface area contributed by atoms with Crippen LogP contribution in [0.3, 0.4) is 0 Å². The molecule has 1 fully saturated rings. The van der Waals surface area contributed by atoms with E-state index in [1.54, 1.807) is 35.6 Å². The third kappa shape index (κ3) is 5.30. The van der Waals surface area contributed by atoms with Gasteiger partial charge in [-0.25, -0.2) is 4.98 Å². The summed E-state index contributed by atoms with van der Waals surface area (Å²) in [6.45, 7) is 4.79. The second kappa shape index (κ2) is 10.2. The Morgan fingerprint density at radius 1 is 1.24 bits per heavy atom. The van der Waals surface area contributed by atoms with Gasteiger partial charge in [0.15, 0.2) is 0 Å². The molecular weight excluding hydrogens is 438 g/mol. The Balaban J connectivity index is 1.60. The van der Waals surface area contributed by atoms with E-state index >= 15 is 0 Å². The van der Waals surface area contributed by atoms with Crippen molar-refractivity contribution in [3.8, 4) is 16.2 Å². The standard InChI is InChI=1S/C25H27N3O4S/c1-3-32-21-6-4-5-19(11-21)24(30)28(25(31)22-12-20(29)13-26-22)14-17-7-9-18(10-8-17)23-16(2)27-15-33-23/h4-11,15,20,22,26,29H,3,12-14H2,1-2H3/t20-,22+/m1/s1. The van der Waals surface area contributed by atoms with Gasteiger partial charge in [0.25, 0.3) is 5.91 Å². The van der Waals surface area contributed by atoms with Crippen LogP contribution >= 0.6 is 11.3 Å². The minimum atomic E-state index is -0.599. The van der Waals surface area contributed by atoms with E-state index in [4.69, 9.17) is 4.74 Å². The lowest BCUT2D eigenvalue weighted by molar-refractivity contribution is -0.131. The van der Waals surface area contributed by atoms with E-state index in [2.05, 4.69) is 10.3 Å². The first kappa shape index (κ1) is 23.1. The number of hydrogen-bond acceptors (Lipinski definition) is 7. The highest BCUT2D eigenvalue weighted by Gasteiger charge is 2.34. The maximum absolute atomic E-state index is 13.4. The number of rotatable bonds is 7. The normalized spacial score (nSPS) is 17.7. The Kier molecular flexibility index (Phi) is 7.17. The molecule has 0 radical (unpaired) electrons. The molecule has 2 atom stereocenters. The average Bonchev–Trinajstić information content (AvgIpc) is 3.45. The predicted molar refractivity (Wildman–Crippen MR) is 127 cm³/mol. The summed E-state index contributed by atoms with van der Waals surface area (Å²) < 4.78 is 5.52. The van der Waals surface area contributed by atoms with Crippen LogP contribution in [0.4, 0.5) is 0 Å². The first-order chi connectivity index (χ1) is 16.0. The molecule has 2 aromatic carbocycles. The number of aromatic nitrogens is 1. The number of nitrogens with one attached hydrogen (secondary N) is 1. The Hall–Kier alpha value is -3.07. The molecule has 2 N–H and O–H groups in total. The molecule has 1 saturated heterocycles. The third-order valence-corrected chi connectivity index (χ3v) is 6.59. The summed E-state index contributed by atoms with van der Waals surface area (Å²) >= 11 is 1.58. The van der Waals surface area contributed by atoms with Crippen molar-refractivity contribution in [1.29, 1.82) is 0 Å². The molecule has 0 aliphatic carbocycles. The van der Waals surface area contributed by atoms with Crippen LogP contribution < -0.4 is 10.1 Å². The van der Waals surface area contributed by atoms with Crippen LogP contribution in [0.15, 0.2) is 54.0 Å². The van der Waals surface area contributed by atoms with Gasteiger partial charge in [0.05, 0.1) is 41.4 Å². The van der Waals surface area contributed by atoms with Gasteiger partial charge in [-0.15, -0.1) is 11.3 Å². The first-order valence-corrected chi connectivity index (χ1v) is 11.8. The number of nitrogens with zero attached hydrogens (tertiary/aromatic N) is 2. The lowest BCUT2D eigenvalue weighted by Crippen LogP contribution is -2.46. The lowest BCUT2D eigenvalue weighted by Gasteiger charge is -2.24. The number of hydrogen-bond donors (Lipinski definition) is 2. The monoisotopic (exact) mass is 465 g/mol. The van der Waals surface area contributed by atoms with Crippen molar-refractivity contribution < 1.29 is 19.4 Å². The Bertz CT molecular complexity index is 1130. The van der Waals surface area contributed by atoms with Gasteiger partial charge in [-0.3, -0.25) is 14.5 Å². The summed E-state index contributed by atoms with van der Waals surface area (Å²) in [5.74, 6) is -0.165. The summed E-state index contributed by atoms with van der Waals surface area (Å²) in [5.41, 5.74) is 5.05. The molecule has 172 valence electrons. The maximum atomic E-state index is 13.4. The van der Waals surface area contributed by atoms with Crippen LogP contribution in [0, 0.1) is 6.92 Å². The van der Waals surface area contributed by atoms with E-state index < -0.39 is 18.1 Å². The maximum Gasteiger partial charge on any atom is 0.260 e. The van der Waals surface area contributed by atoms with Crippen molar-refractivity contribution in [2.75, 3.05) is 13.2 Å². The largest absolute Gasteiger partial charge is 0.494 e. The van der Waals surface area contributed by atoms with Gasteiger partial charge in [0.1, 0.15) is 5.75 Å². The molecule has 0 bridgehead atoms. The van der Waals surface area contributed by atoms with E-state index in [1.807, 2.05) is 43.6 Å². The fraction of sp³-hybridized carbons (Fsp3) is 0.320. The van der Waals surface area contributed by atoms with Crippen LogP contribution in [0.2, 0.25) is 0 Å². The molecule has 1 aliphatic heterocycles. The number of ether oxygens (including phenoxy) is 1. The number of imide groups is 1. The molecule has 4 rings (SSSR count). The fourth-order valence-electron chi connectivity index (χ4n) is 3.91. The van der Waals surface area contributed by atoms with Crippen LogP contribution in [-0.4, -0.2) is 52.1 Å². The quantitative estimate of drug-likeness (QED) is 0.520. The molecule has 7 nitrogen and oxygen atoms in total. The van der Waals surface area contributed by atoms with E-state index in [-0.39, 0.29) is 18.9 Å². The average molecular weight is 466 g/mol. The molecule has 3 aromatic rings. The summed E-state index contributed by atoms with van der Waals surface area (Å²) in [4.78, 5) is 33.4. The highest BCUT2D eigenvalue weighted by atomic mass is 32.1. The summed E-state index contributed by atoms with van der Waals surface area (Å²) in [5, 5.41) is 12.9. The molecule has 0 saturated carbocycles. The van der Waals surface area contributed by atoms with Crippen LogP contribution in [0.25, 0.3) is 10.4 Å². The molecule has 1 aliphatic rings. The van der Waals surface area contributed by atoms with Crippen LogP contribution in [-0.2, 0) is 11.3 Å². The minimum Gasteiger partial charge on any atom is -0.494 e. The van der Waals surface area contributed by atoms with Gasteiger partial charge in [0, 0.05) is 12.1 Å². The van der Waals surface area contributed by atoms with Crippen molar-refractivity contribution in [1.82, 2.24) is 15.2 Å². The molecule has 2 amide bonds. The zero-order valence-corrected chi connectivity index (χ0v) is 19.5. The van der Waals surface area contributed by atoms with E-state index in [0.29, 0.717) is 24.5 Å². The number of carbonyl (C=O) groups excluding carboxylic acids is 2. The number of β-amino-alcohol motifs (C(OH)–C–C–N with tert-alkyl or cyclic N) is 1. The SMILES string of the molecule is CCOc1cccc(C(=O)N(Cc2ccc(-c3scnc3C)cc2)C(=O)[C@@H]2C[C@@H](O)CN2)c1. The zero-order valence-electron chi connectivity index (χ0n) is 18.7. The second-order valence-corrected chi connectivity index (χ2v) is 8.86. The number of aliphatic hydroxyl groups excluding tert-OH is 1. The summed E-state index contributed by atoms with van der Waals surface area (Å²) in [6.07, 6.45) is -0.315. The van der Waals surface area contributed by atoms with Gasteiger partial charge in [-0.1, -0.05) is 30.3 Å². The van der Waals surface area contributed by atoms with Gasteiger partial charge in [-0.2, -0.15) is 0 Å². The van der Waals surface area contributed by atoms with E-state index in [0.717, 1.165) is 21.7 Å². The number of amides is 2. The Labute approximate surface area is 197 Å². The zero-order chi connectivity index (χ0) is 23.4. The Morgan fingerprint density at radius 3 is 2.67 bits per heavy atom. The summed E-state index contributed by atoms with van der Waals surface area (Å²) in [6, 6.07) is 14.1. The number of aliphatic hydroxyl groups is 1. The van der Waals surface area contributed by atoms with Crippen molar-refractivity contribution in [2.45, 2.75) is 39.0 Å². The number of benzene rings is 2.